The second kappa shape index (κ2) is 3.90. The molecule has 0 heterocycles. The van der Waals surface area contributed by atoms with Gasteiger partial charge in [-0.1, -0.05) is 17.7 Å². The molecule has 4 heteroatoms. The first-order chi connectivity index (χ1) is 5.59. The molecule has 0 amide bonds. The number of hydrogen-bond donors (Lipinski definition) is 0. The number of ether oxygens (including phenoxy) is 1. The SMILES string of the molecule is BC(B)Oc1cc(Cl)ccc1C. The van der Waals surface area contributed by atoms with Gasteiger partial charge in [0, 0.05) is 10.9 Å². The minimum Gasteiger partial charge on any atom is -0.508 e. The molecule has 12 heavy (non-hydrogen) atoms. The van der Waals surface area contributed by atoms with Gasteiger partial charge in [-0.25, -0.2) is 0 Å². The molecule has 0 bridgehead atoms. The first kappa shape index (κ1) is 9.53. The van der Waals surface area contributed by atoms with Crippen LogP contribution in [0.25, 0.3) is 0 Å². The molecule has 0 aliphatic heterocycles. The Morgan fingerprint density at radius 3 is 2.67 bits per heavy atom. The van der Waals surface area contributed by atoms with Crippen LogP contribution >= 0.6 is 11.6 Å². The Morgan fingerprint density at radius 1 is 1.42 bits per heavy atom. The van der Waals surface area contributed by atoms with Crippen LogP contribution in [0.5, 0.6) is 5.75 Å². The maximum atomic E-state index is 5.82. The van der Waals surface area contributed by atoms with Crippen molar-refractivity contribution in [3.63, 3.8) is 0 Å². The van der Waals surface area contributed by atoms with Crippen molar-refractivity contribution < 1.29 is 4.74 Å². The summed E-state index contributed by atoms with van der Waals surface area (Å²) in [5, 5.41) is 0.719. The van der Waals surface area contributed by atoms with E-state index in [1.165, 1.54) is 0 Å². The van der Waals surface area contributed by atoms with Crippen LogP contribution in [0.4, 0.5) is 0 Å². The maximum Gasteiger partial charge on any atom is 0.142 e. The van der Waals surface area contributed by atoms with E-state index in [-0.39, 0.29) is 5.90 Å². The van der Waals surface area contributed by atoms with E-state index in [9.17, 15) is 0 Å². The van der Waals surface area contributed by atoms with Crippen LogP contribution in [0.3, 0.4) is 0 Å². The summed E-state index contributed by atoms with van der Waals surface area (Å²) in [4.78, 5) is 0. The molecule has 0 N–H and O–H groups in total. The van der Waals surface area contributed by atoms with Crippen molar-refractivity contribution >= 4 is 27.3 Å². The predicted octanol–water partition coefficient (Wildman–Crippen LogP) is 0.577. The van der Waals surface area contributed by atoms with E-state index in [0.29, 0.717) is 0 Å². The molecule has 0 spiro atoms. The molecule has 0 fully saturated rings. The normalized spacial score (nSPS) is 10.2. The Bertz CT molecular complexity index is 276. The zero-order chi connectivity index (χ0) is 9.14. The summed E-state index contributed by atoms with van der Waals surface area (Å²) < 4.78 is 5.54. The van der Waals surface area contributed by atoms with Gasteiger partial charge in [0.25, 0.3) is 0 Å². The fourth-order valence-corrected chi connectivity index (χ4v) is 1.12. The smallest absolute Gasteiger partial charge is 0.142 e. The number of rotatable bonds is 2. The summed E-state index contributed by atoms with van der Waals surface area (Å²) in [5.74, 6) is 1.07. The molecule has 0 atom stereocenters. The Labute approximate surface area is 79.9 Å². The highest BCUT2D eigenvalue weighted by Crippen LogP contribution is 2.22. The molecular formula is C8H11B2ClO. The summed E-state index contributed by atoms with van der Waals surface area (Å²) in [6.45, 7) is 2.01. The highest BCUT2D eigenvalue weighted by Gasteiger charge is 2.01. The molecule has 0 saturated carbocycles. The molecule has 0 aromatic heterocycles. The van der Waals surface area contributed by atoms with Crippen molar-refractivity contribution in [3.8, 4) is 5.75 Å². The lowest BCUT2D eigenvalue weighted by atomic mass is 9.82. The van der Waals surface area contributed by atoms with Gasteiger partial charge in [0.2, 0.25) is 0 Å². The monoisotopic (exact) mass is 180 g/mol. The lowest BCUT2D eigenvalue weighted by Gasteiger charge is -2.12. The first-order valence-electron chi connectivity index (χ1n) is 4.02. The van der Waals surface area contributed by atoms with Crippen LogP contribution in [-0.4, -0.2) is 21.6 Å². The molecular weight excluding hydrogens is 169 g/mol. The van der Waals surface area contributed by atoms with Crippen molar-refractivity contribution in [1.82, 2.24) is 0 Å². The maximum absolute atomic E-state index is 5.82. The Morgan fingerprint density at radius 2 is 2.08 bits per heavy atom. The van der Waals surface area contributed by atoms with Crippen LogP contribution in [0.2, 0.25) is 5.02 Å². The van der Waals surface area contributed by atoms with Gasteiger partial charge < -0.3 is 4.74 Å². The quantitative estimate of drug-likeness (QED) is 0.605. The van der Waals surface area contributed by atoms with Gasteiger partial charge in [-0.3, -0.25) is 0 Å². The minimum atomic E-state index is 0.196. The Balaban J connectivity index is 2.90. The van der Waals surface area contributed by atoms with E-state index in [0.717, 1.165) is 16.3 Å². The molecule has 1 rings (SSSR count). The van der Waals surface area contributed by atoms with Crippen molar-refractivity contribution in [3.05, 3.63) is 28.8 Å². The van der Waals surface area contributed by atoms with E-state index in [4.69, 9.17) is 16.3 Å². The van der Waals surface area contributed by atoms with Gasteiger partial charge in [0.05, 0.1) is 0 Å². The molecule has 0 unspecified atom stereocenters. The van der Waals surface area contributed by atoms with Crippen molar-refractivity contribution in [2.45, 2.75) is 12.8 Å². The second-order valence-corrected chi connectivity index (χ2v) is 3.51. The molecule has 0 aliphatic rings. The second-order valence-electron chi connectivity index (χ2n) is 3.08. The van der Waals surface area contributed by atoms with Crippen LogP contribution in [0.15, 0.2) is 18.2 Å². The number of benzene rings is 1. The summed E-state index contributed by atoms with van der Waals surface area (Å²) in [6.07, 6.45) is 0. The molecule has 62 valence electrons. The van der Waals surface area contributed by atoms with E-state index in [1.807, 2.05) is 40.8 Å². The fourth-order valence-electron chi connectivity index (χ4n) is 0.955. The predicted molar refractivity (Wildman–Crippen MR) is 57.7 cm³/mol. The number of hydrogen-bond acceptors (Lipinski definition) is 1. The number of halogens is 1. The first-order valence-corrected chi connectivity index (χ1v) is 4.40. The topological polar surface area (TPSA) is 9.23 Å². The third kappa shape index (κ3) is 2.49. The van der Waals surface area contributed by atoms with Crippen LogP contribution < -0.4 is 4.74 Å². The van der Waals surface area contributed by atoms with Gasteiger partial charge in [-0.05, 0) is 24.6 Å². The summed E-state index contributed by atoms with van der Waals surface area (Å²) in [6, 6.07) is 5.67. The minimum absolute atomic E-state index is 0.196. The largest absolute Gasteiger partial charge is 0.508 e. The van der Waals surface area contributed by atoms with Crippen LogP contribution in [0.1, 0.15) is 5.56 Å². The van der Waals surface area contributed by atoms with Gasteiger partial charge in [-0.15, -0.1) is 0 Å². The van der Waals surface area contributed by atoms with Gasteiger partial charge in [0.15, 0.2) is 0 Å². The van der Waals surface area contributed by atoms with Gasteiger partial charge in [0.1, 0.15) is 21.4 Å². The molecule has 0 radical (unpaired) electrons. The van der Waals surface area contributed by atoms with Gasteiger partial charge >= 0.3 is 0 Å². The van der Waals surface area contributed by atoms with E-state index in [2.05, 4.69) is 0 Å². The average Bonchev–Trinajstić information content (AvgIpc) is 1.96. The van der Waals surface area contributed by atoms with Crippen molar-refractivity contribution in [1.29, 1.82) is 0 Å². The van der Waals surface area contributed by atoms with Crippen LogP contribution in [0, 0.1) is 6.92 Å². The Hall–Kier alpha value is -0.560. The highest BCUT2D eigenvalue weighted by atomic mass is 35.5. The molecule has 0 aliphatic carbocycles. The summed E-state index contributed by atoms with van der Waals surface area (Å²) in [5.41, 5.74) is 1.12. The van der Waals surface area contributed by atoms with E-state index >= 15 is 0 Å². The van der Waals surface area contributed by atoms with Crippen molar-refractivity contribution in [2.75, 3.05) is 0 Å². The highest BCUT2D eigenvalue weighted by molar-refractivity contribution is 6.35. The van der Waals surface area contributed by atoms with E-state index in [1.54, 1.807) is 0 Å². The van der Waals surface area contributed by atoms with Crippen LogP contribution in [-0.2, 0) is 0 Å². The van der Waals surface area contributed by atoms with E-state index < -0.39 is 0 Å². The Kier molecular flexibility index (Phi) is 3.10. The standard InChI is InChI=1S/C8H11B2ClO/c1-5-2-3-6(11)4-7(5)12-8(9)10/h2-4,8H,9-10H2,1H3. The molecule has 1 aromatic carbocycles. The number of aryl methyl sites for hydroxylation is 1. The summed E-state index contributed by atoms with van der Waals surface area (Å²) in [7, 11) is 4.00. The summed E-state index contributed by atoms with van der Waals surface area (Å²) >= 11 is 5.82. The average molecular weight is 180 g/mol. The fraction of sp³-hybridized carbons (Fsp3) is 0.250. The zero-order valence-corrected chi connectivity index (χ0v) is 8.35. The molecule has 1 aromatic rings. The van der Waals surface area contributed by atoms with Crippen molar-refractivity contribution in [2.24, 2.45) is 0 Å². The lowest BCUT2D eigenvalue weighted by molar-refractivity contribution is 0.350. The zero-order valence-electron chi connectivity index (χ0n) is 7.60. The third-order valence-corrected chi connectivity index (χ3v) is 1.75. The molecule has 1 nitrogen and oxygen atoms in total. The van der Waals surface area contributed by atoms with Gasteiger partial charge in [-0.2, -0.15) is 0 Å². The molecule has 0 saturated heterocycles. The third-order valence-electron chi connectivity index (χ3n) is 1.51. The lowest BCUT2D eigenvalue weighted by Crippen LogP contribution is -2.16.